The number of hydrogen-bond donors (Lipinski definition) is 1. The maximum absolute atomic E-state index is 16.3. The van der Waals surface area contributed by atoms with Crippen LogP contribution >= 0.6 is 11.6 Å². The smallest absolute Gasteiger partial charge is 0.246 e. The number of rotatable bonds is 3. The van der Waals surface area contributed by atoms with Crippen molar-refractivity contribution in [2.75, 3.05) is 18.0 Å². The van der Waals surface area contributed by atoms with Crippen LogP contribution < -0.4 is 4.90 Å². The number of aryl methyl sites for hydroxylation is 2. The molecular formula is C26H26ClFN6O. The van der Waals surface area contributed by atoms with Gasteiger partial charge in [-0.1, -0.05) is 24.2 Å². The fourth-order valence-electron chi connectivity index (χ4n) is 5.22. The van der Waals surface area contributed by atoms with Crippen molar-refractivity contribution in [3.63, 3.8) is 0 Å². The van der Waals surface area contributed by atoms with Gasteiger partial charge in [0, 0.05) is 47.1 Å². The minimum Gasteiger partial charge on any atom is -0.347 e. The minimum atomic E-state index is -0.489. The summed E-state index contributed by atoms with van der Waals surface area (Å²) in [5, 5.41) is 8.68. The number of H-pyrrole nitrogens is 1. The molecule has 9 heteroatoms. The molecule has 5 rings (SSSR count). The lowest BCUT2D eigenvalue weighted by molar-refractivity contribution is -0.127. The van der Waals surface area contributed by atoms with E-state index < -0.39 is 5.82 Å². The quantitative estimate of drug-likeness (QED) is 0.398. The number of anilines is 1. The Balaban J connectivity index is 1.71. The Morgan fingerprint density at radius 2 is 1.89 bits per heavy atom. The van der Waals surface area contributed by atoms with Gasteiger partial charge in [-0.2, -0.15) is 5.10 Å². The van der Waals surface area contributed by atoms with E-state index in [1.807, 2.05) is 32.9 Å². The molecule has 1 aliphatic heterocycles. The monoisotopic (exact) mass is 492 g/mol. The third-order valence-electron chi connectivity index (χ3n) is 6.71. The van der Waals surface area contributed by atoms with Crippen LogP contribution in [0, 0.1) is 19.7 Å². The molecular weight excluding hydrogens is 467 g/mol. The van der Waals surface area contributed by atoms with Crippen LogP contribution in [0.5, 0.6) is 0 Å². The van der Waals surface area contributed by atoms with E-state index in [-0.39, 0.29) is 28.5 Å². The van der Waals surface area contributed by atoms with E-state index in [9.17, 15) is 4.79 Å². The minimum absolute atomic E-state index is 0.0522. The number of carbonyl (C=O) groups is 1. The van der Waals surface area contributed by atoms with Crippen LogP contribution in [-0.2, 0) is 4.79 Å². The van der Waals surface area contributed by atoms with Crippen LogP contribution in [0.25, 0.3) is 32.9 Å². The van der Waals surface area contributed by atoms with Crippen LogP contribution in [0.2, 0.25) is 5.02 Å². The number of benzene rings is 2. The molecule has 1 N–H and O–H groups in total. The molecule has 1 fully saturated rings. The second-order valence-electron chi connectivity index (χ2n) is 9.18. The van der Waals surface area contributed by atoms with E-state index in [2.05, 4.69) is 26.7 Å². The summed E-state index contributed by atoms with van der Waals surface area (Å²) in [5.74, 6) is 0.483. The molecule has 7 nitrogen and oxygen atoms in total. The average Bonchev–Trinajstić information content (AvgIpc) is 3.29. The van der Waals surface area contributed by atoms with Gasteiger partial charge in [-0.15, -0.1) is 0 Å². The molecule has 180 valence electrons. The van der Waals surface area contributed by atoms with Crippen LogP contribution in [0.3, 0.4) is 0 Å². The highest BCUT2D eigenvalue weighted by Crippen LogP contribution is 2.42. The van der Waals surface area contributed by atoms with Gasteiger partial charge in [-0.3, -0.25) is 9.89 Å². The first kappa shape index (κ1) is 23.2. The van der Waals surface area contributed by atoms with Gasteiger partial charge in [-0.05, 0) is 51.5 Å². The van der Waals surface area contributed by atoms with Gasteiger partial charge in [0.25, 0.3) is 0 Å². The summed E-state index contributed by atoms with van der Waals surface area (Å²) in [5.41, 5.74) is 2.90. The van der Waals surface area contributed by atoms with Gasteiger partial charge in [0.1, 0.15) is 17.2 Å². The largest absolute Gasteiger partial charge is 0.347 e. The fraction of sp³-hybridized carbons (Fsp3) is 0.308. The van der Waals surface area contributed by atoms with Crippen LogP contribution in [-0.4, -0.2) is 56.1 Å². The summed E-state index contributed by atoms with van der Waals surface area (Å²) in [6.07, 6.45) is 3.01. The summed E-state index contributed by atoms with van der Waals surface area (Å²) in [4.78, 5) is 25.3. The van der Waals surface area contributed by atoms with Crippen molar-refractivity contribution < 1.29 is 9.18 Å². The van der Waals surface area contributed by atoms with Crippen molar-refractivity contribution in [3.8, 4) is 11.1 Å². The molecule has 1 aliphatic rings. The molecule has 35 heavy (non-hydrogen) atoms. The highest BCUT2D eigenvalue weighted by Gasteiger charge is 2.34. The second kappa shape index (κ2) is 8.61. The van der Waals surface area contributed by atoms with Crippen molar-refractivity contribution in [2.24, 2.45) is 0 Å². The van der Waals surface area contributed by atoms with Gasteiger partial charge in [0.2, 0.25) is 5.91 Å². The molecule has 0 bridgehead atoms. The molecule has 2 aromatic carbocycles. The van der Waals surface area contributed by atoms with Crippen LogP contribution in [0.15, 0.2) is 37.1 Å². The summed E-state index contributed by atoms with van der Waals surface area (Å²) in [7, 11) is 0. The number of aromatic nitrogens is 4. The predicted octanol–water partition coefficient (Wildman–Crippen LogP) is 5.19. The number of nitrogens with one attached hydrogen (secondary N) is 1. The number of carbonyl (C=O) groups excluding carboxylic acids is 1. The van der Waals surface area contributed by atoms with Crippen molar-refractivity contribution in [1.29, 1.82) is 0 Å². The Morgan fingerprint density at radius 1 is 1.17 bits per heavy atom. The van der Waals surface area contributed by atoms with E-state index >= 15 is 4.39 Å². The first-order valence-corrected chi connectivity index (χ1v) is 11.9. The first-order valence-electron chi connectivity index (χ1n) is 11.5. The third kappa shape index (κ3) is 3.72. The Labute approximate surface area is 207 Å². The topological polar surface area (TPSA) is 78.0 Å². The van der Waals surface area contributed by atoms with E-state index in [1.165, 1.54) is 6.08 Å². The Hall–Kier alpha value is -3.52. The number of aromatic amines is 1. The highest BCUT2D eigenvalue weighted by molar-refractivity contribution is 6.35. The number of nitrogens with zero attached hydrogens (tertiary/aromatic N) is 5. The molecule has 4 aromatic rings. The van der Waals surface area contributed by atoms with E-state index in [0.29, 0.717) is 41.2 Å². The Bertz CT molecular complexity index is 1490. The predicted molar refractivity (Wildman–Crippen MR) is 137 cm³/mol. The van der Waals surface area contributed by atoms with Crippen molar-refractivity contribution >= 4 is 45.1 Å². The number of fused-ring (bicyclic) bond motifs is 2. The molecule has 1 amide bonds. The molecule has 0 radical (unpaired) electrons. The number of piperazine rings is 1. The molecule has 0 unspecified atom stereocenters. The summed E-state index contributed by atoms with van der Waals surface area (Å²) in [6, 6.07) is 5.48. The number of hydrogen-bond acceptors (Lipinski definition) is 5. The summed E-state index contributed by atoms with van der Waals surface area (Å²) < 4.78 is 16.3. The van der Waals surface area contributed by atoms with Crippen molar-refractivity contribution in [2.45, 2.75) is 39.8 Å². The van der Waals surface area contributed by atoms with Gasteiger partial charge >= 0.3 is 0 Å². The Morgan fingerprint density at radius 3 is 2.57 bits per heavy atom. The Kier molecular flexibility index (Phi) is 5.71. The van der Waals surface area contributed by atoms with Gasteiger partial charge in [0.15, 0.2) is 5.82 Å². The van der Waals surface area contributed by atoms with Gasteiger partial charge in [-0.25, -0.2) is 14.4 Å². The molecule has 1 saturated heterocycles. The molecule has 0 aliphatic carbocycles. The SMILES string of the molecule is C=CC(=O)N1C[C@@H](C)N(c2nc(C)nc3c(F)c(-c4c(C)ccc5[nH]ncc45)c(Cl)cc23)[C@@H](C)C1. The lowest BCUT2D eigenvalue weighted by atomic mass is 9.95. The van der Waals surface area contributed by atoms with E-state index in [4.69, 9.17) is 16.6 Å². The molecule has 0 spiro atoms. The lowest BCUT2D eigenvalue weighted by Gasteiger charge is -2.45. The summed E-state index contributed by atoms with van der Waals surface area (Å²) >= 11 is 6.78. The highest BCUT2D eigenvalue weighted by atomic mass is 35.5. The zero-order valence-corrected chi connectivity index (χ0v) is 20.8. The third-order valence-corrected chi connectivity index (χ3v) is 7.01. The number of halogens is 2. The van der Waals surface area contributed by atoms with Crippen molar-refractivity contribution in [3.05, 3.63) is 59.3 Å². The molecule has 0 saturated carbocycles. The maximum Gasteiger partial charge on any atom is 0.246 e. The molecule has 3 heterocycles. The normalized spacial score (nSPS) is 18.5. The summed E-state index contributed by atoms with van der Waals surface area (Å²) in [6.45, 7) is 12.4. The lowest BCUT2D eigenvalue weighted by Crippen LogP contribution is -2.58. The van der Waals surface area contributed by atoms with E-state index in [1.54, 1.807) is 24.1 Å². The van der Waals surface area contributed by atoms with Crippen LogP contribution in [0.1, 0.15) is 25.2 Å². The zero-order chi connectivity index (χ0) is 25.0. The molecule has 2 atom stereocenters. The fourth-order valence-corrected chi connectivity index (χ4v) is 5.51. The van der Waals surface area contributed by atoms with Crippen molar-refractivity contribution in [1.82, 2.24) is 25.1 Å². The second-order valence-corrected chi connectivity index (χ2v) is 9.59. The first-order chi connectivity index (χ1) is 16.7. The zero-order valence-electron chi connectivity index (χ0n) is 20.1. The molecule has 2 aromatic heterocycles. The average molecular weight is 493 g/mol. The standard InChI is InChI=1S/C26H26ClFN6O/c1-6-21(35)33-11-14(3)34(15(4)12-33)26-17-9-19(27)23(24(28)25(17)30-16(5)31-26)22-13(2)7-8-20-18(22)10-29-32-20/h6-10,14-15H,1,11-12H2,2-5H3,(H,29,32)/t14-,15+. The van der Waals surface area contributed by atoms with Crippen LogP contribution in [0.4, 0.5) is 10.2 Å². The van der Waals surface area contributed by atoms with Gasteiger partial charge < -0.3 is 9.80 Å². The van der Waals surface area contributed by atoms with E-state index in [0.717, 1.165) is 16.5 Å². The van der Waals surface area contributed by atoms with Gasteiger partial charge in [0.05, 0.1) is 16.7 Å². The maximum atomic E-state index is 16.3. The number of amides is 1.